The molecular weight excluding hydrogens is 371 g/mol. The topological polar surface area (TPSA) is 63.4 Å². The summed E-state index contributed by atoms with van der Waals surface area (Å²) in [6.07, 6.45) is 1.33. The number of oxazole rings is 1. The van der Waals surface area contributed by atoms with Crippen molar-refractivity contribution in [1.29, 1.82) is 0 Å². The van der Waals surface area contributed by atoms with Gasteiger partial charge in [-0.05, 0) is 48.4 Å². The number of fused-ring (bicyclic) bond motifs is 2. The van der Waals surface area contributed by atoms with Crippen molar-refractivity contribution < 1.29 is 18.4 Å². The molecule has 29 heavy (non-hydrogen) atoms. The predicted molar refractivity (Wildman–Crippen MR) is 105 cm³/mol. The van der Waals surface area contributed by atoms with E-state index in [1.165, 1.54) is 18.2 Å². The van der Waals surface area contributed by atoms with Crippen LogP contribution in [-0.2, 0) is 12.8 Å². The van der Waals surface area contributed by atoms with E-state index in [9.17, 15) is 14.0 Å². The van der Waals surface area contributed by atoms with E-state index in [0.717, 1.165) is 21.6 Å². The Balaban J connectivity index is 1.33. The highest BCUT2D eigenvalue weighted by Gasteiger charge is 2.38. The van der Waals surface area contributed by atoms with Gasteiger partial charge in [-0.3, -0.25) is 9.59 Å². The Labute approximate surface area is 165 Å². The van der Waals surface area contributed by atoms with Crippen molar-refractivity contribution in [1.82, 2.24) is 4.98 Å². The average Bonchev–Trinajstić information content (AvgIpc) is 3.26. The number of hydrogen-bond donors (Lipinski definition) is 0. The Kier molecular flexibility index (Phi) is 3.98. The number of halogens is 1. The molecule has 0 fully saturated rings. The van der Waals surface area contributed by atoms with Gasteiger partial charge in [0.25, 0.3) is 11.8 Å². The molecule has 0 saturated carbocycles. The Bertz CT molecular complexity index is 1230. The maximum atomic E-state index is 14.0. The summed E-state index contributed by atoms with van der Waals surface area (Å²) >= 11 is 0. The molecule has 0 unspecified atom stereocenters. The van der Waals surface area contributed by atoms with Crippen molar-refractivity contribution in [2.75, 3.05) is 4.90 Å². The molecule has 3 aromatic carbocycles. The summed E-state index contributed by atoms with van der Waals surface area (Å²) in [5.74, 6) is -1.17. The summed E-state index contributed by atoms with van der Waals surface area (Å²) in [4.78, 5) is 30.6. The molecular formula is C23H15FN2O3. The number of carbonyl (C=O) groups excluding carboxylic acids is 2. The summed E-state index contributed by atoms with van der Waals surface area (Å²) in [6, 6.07) is 18.8. The number of nitrogens with zero attached hydrogens (tertiary/aromatic N) is 2. The zero-order valence-corrected chi connectivity index (χ0v) is 15.3. The number of carbonyl (C=O) groups is 2. The van der Waals surface area contributed by atoms with Gasteiger partial charge in [0.1, 0.15) is 11.3 Å². The first kappa shape index (κ1) is 17.3. The van der Waals surface area contributed by atoms with Crippen molar-refractivity contribution >= 4 is 28.6 Å². The molecule has 1 aliphatic rings. The second kappa shape index (κ2) is 6.67. The largest absolute Gasteiger partial charge is 0.441 e. The second-order valence-corrected chi connectivity index (χ2v) is 6.85. The maximum Gasteiger partial charge on any atom is 0.269 e. The summed E-state index contributed by atoms with van der Waals surface area (Å²) in [7, 11) is 0. The Morgan fingerprint density at radius 3 is 2.41 bits per heavy atom. The van der Waals surface area contributed by atoms with Crippen LogP contribution in [0, 0.1) is 5.82 Å². The normalized spacial score (nSPS) is 13.3. The first-order valence-corrected chi connectivity index (χ1v) is 9.22. The number of benzene rings is 3. The van der Waals surface area contributed by atoms with Crippen LogP contribution in [0.25, 0.3) is 11.1 Å². The molecule has 0 N–H and O–H groups in total. The summed E-state index contributed by atoms with van der Waals surface area (Å²) in [6.45, 7) is 0. The Morgan fingerprint density at radius 2 is 1.66 bits per heavy atom. The third kappa shape index (κ3) is 2.89. The van der Waals surface area contributed by atoms with E-state index in [1.54, 1.807) is 12.1 Å². The number of aryl methyl sites for hydroxylation is 2. The van der Waals surface area contributed by atoms with Crippen LogP contribution in [0.15, 0.2) is 71.1 Å². The lowest BCUT2D eigenvalue weighted by Crippen LogP contribution is -2.29. The molecule has 5 nitrogen and oxygen atoms in total. The quantitative estimate of drug-likeness (QED) is 0.483. The highest BCUT2D eigenvalue weighted by atomic mass is 19.1. The van der Waals surface area contributed by atoms with Crippen molar-refractivity contribution in [3.05, 3.63) is 95.1 Å². The fraction of sp³-hybridized carbons (Fsp3) is 0.0870. The molecule has 142 valence electrons. The fourth-order valence-corrected chi connectivity index (χ4v) is 3.57. The van der Waals surface area contributed by atoms with E-state index in [2.05, 4.69) is 4.98 Å². The lowest BCUT2D eigenvalue weighted by molar-refractivity contribution is 0.0925. The van der Waals surface area contributed by atoms with E-state index in [0.29, 0.717) is 24.4 Å². The summed E-state index contributed by atoms with van der Waals surface area (Å²) < 4.78 is 19.7. The molecule has 6 heteroatoms. The molecule has 0 atom stereocenters. The average molecular weight is 386 g/mol. The molecule has 1 aromatic heterocycles. The minimum Gasteiger partial charge on any atom is -0.441 e. The van der Waals surface area contributed by atoms with E-state index in [-0.39, 0.29) is 11.1 Å². The highest BCUT2D eigenvalue weighted by Crippen LogP contribution is 2.30. The monoisotopic (exact) mass is 386 g/mol. The van der Waals surface area contributed by atoms with Gasteiger partial charge in [0.05, 0.1) is 16.8 Å². The van der Waals surface area contributed by atoms with Gasteiger partial charge in [-0.1, -0.05) is 30.3 Å². The number of hydrogen-bond acceptors (Lipinski definition) is 4. The van der Waals surface area contributed by atoms with Gasteiger partial charge in [0.15, 0.2) is 11.5 Å². The molecule has 0 aliphatic carbocycles. The minimum absolute atomic E-state index is 0.0926. The molecule has 1 aliphatic heterocycles. The van der Waals surface area contributed by atoms with Crippen LogP contribution < -0.4 is 4.90 Å². The smallest absolute Gasteiger partial charge is 0.269 e. The second-order valence-electron chi connectivity index (χ2n) is 6.85. The van der Waals surface area contributed by atoms with Crippen LogP contribution in [0.2, 0.25) is 0 Å². The van der Waals surface area contributed by atoms with Crippen molar-refractivity contribution in [3.63, 3.8) is 0 Å². The number of amides is 2. The van der Waals surface area contributed by atoms with Gasteiger partial charge in [0, 0.05) is 6.42 Å². The van der Waals surface area contributed by atoms with Crippen LogP contribution in [0.1, 0.15) is 32.2 Å². The number of aromatic nitrogens is 1. The van der Waals surface area contributed by atoms with Crippen molar-refractivity contribution in [3.8, 4) is 0 Å². The zero-order chi connectivity index (χ0) is 20.0. The van der Waals surface area contributed by atoms with Gasteiger partial charge in [-0.15, -0.1) is 0 Å². The van der Waals surface area contributed by atoms with E-state index in [1.807, 2.05) is 36.4 Å². The first-order chi connectivity index (χ1) is 14.1. The Hall–Kier alpha value is -3.80. The third-order valence-corrected chi connectivity index (χ3v) is 5.02. The number of para-hydroxylation sites is 2. The lowest BCUT2D eigenvalue weighted by Gasteiger charge is -2.14. The van der Waals surface area contributed by atoms with E-state index >= 15 is 0 Å². The molecule has 5 rings (SSSR count). The van der Waals surface area contributed by atoms with Gasteiger partial charge < -0.3 is 4.42 Å². The summed E-state index contributed by atoms with van der Waals surface area (Å²) in [5, 5.41) is 0. The molecule has 0 radical (unpaired) electrons. The number of anilines is 1. The molecule has 2 heterocycles. The molecule has 2 amide bonds. The minimum atomic E-state index is -0.682. The maximum absolute atomic E-state index is 14.0. The van der Waals surface area contributed by atoms with Gasteiger partial charge in [-0.2, -0.15) is 0 Å². The first-order valence-electron chi connectivity index (χ1n) is 9.22. The fourth-order valence-electron chi connectivity index (χ4n) is 3.57. The third-order valence-electron chi connectivity index (χ3n) is 5.02. The standard InChI is InChI=1S/C23H15FN2O3/c24-17-5-3-4-16-21(17)23(28)26(22(16)27)15-11-8-14(9-12-15)10-13-20-25-18-6-1-2-7-19(18)29-20/h1-9,11-12H,10,13H2. The van der Waals surface area contributed by atoms with Crippen LogP contribution in [0.3, 0.4) is 0 Å². The molecule has 0 saturated heterocycles. The molecule has 0 spiro atoms. The zero-order valence-electron chi connectivity index (χ0n) is 15.3. The lowest BCUT2D eigenvalue weighted by atomic mass is 10.1. The van der Waals surface area contributed by atoms with E-state index < -0.39 is 17.6 Å². The van der Waals surface area contributed by atoms with Crippen LogP contribution in [0.4, 0.5) is 10.1 Å². The predicted octanol–water partition coefficient (Wildman–Crippen LogP) is 4.55. The number of imide groups is 1. The van der Waals surface area contributed by atoms with Crippen molar-refractivity contribution in [2.24, 2.45) is 0 Å². The summed E-state index contributed by atoms with van der Waals surface area (Å²) in [5.41, 5.74) is 2.94. The molecule has 4 aromatic rings. The van der Waals surface area contributed by atoms with Gasteiger partial charge in [0.2, 0.25) is 0 Å². The van der Waals surface area contributed by atoms with E-state index in [4.69, 9.17) is 4.42 Å². The molecule has 0 bridgehead atoms. The Morgan fingerprint density at radius 1 is 0.862 bits per heavy atom. The van der Waals surface area contributed by atoms with Gasteiger partial charge in [-0.25, -0.2) is 14.3 Å². The number of rotatable bonds is 4. The van der Waals surface area contributed by atoms with Gasteiger partial charge >= 0.3 is 0 Å². The van der Waals surface area contributed by atoms with Crippen LogP contribution >= 0.6 is 0 Å². The van der Waals surface area contributed by atoms with Crippen LogP contribution in [0.5, 0.6) is 0 Å². The van der Waals surface area contributed by atoms with Crippen LogP contribution in [-0.4, -0.2) is 16.8 Å². The van der Waals surface area contributed by atoms with Crippen molar-refractivity contribution in [2.45, 2.75) is 12.8 Å². The SMILES string of the molecule is O=C1c2cccc(F)c2C(=O)N1c1ccc(CCc2nc3ccccc3o2)cc1. The highest BCUT2D eigenvalue weighted by molar-refractivity contribution is 6.34.